The van der Waals surface area contributed by atoms with Gasteiger partial charge in [0.15, 0.2) is 6.10 Å². The third kappa shape index (κ3) is 52.7. The lowest BCUT2D eigenvalue weighted by Crippen LogP contribution is -2.30. The fourth-order valence-corrected chi connectivity index (χ4v) is 8.36. The van der Waals surface area contributed by atoms with E-state index >= 15 is 0 Å². The van der Waals surface area contributed by atoms with Gasteiger partial charge in [-0.15, -0.1) is 0 Å². The van der Waals surface area contributed by atoms with Gasteiger partial charge in [0.05, 0.1) is 6.61 Å². The molecule has 0 saturated heterocycles. The predicted molar refractivity (Wildman–Crippen MR) is 279 cm³/mol. The Labute approximate surface area is 400 Å². The molecule has 5 nitrogen and oxygen atoms in total. The van der Waals surface area contributed by atoms with E-state index in [1.807, 2.05) is 0 Å². The van der Waals surface area contributed by atoms with E-state index in [0.29, 0.717) is 19.4 Å². The van der Waals surface area contributed by atoms with Gasteiger partial charge >= 0.3 is 11.9 Å². The molecule has 0 fully saturated rings. The lowest BCUT2D eigenvalue weighted by Gasteiger charge is -2.18. The topological polar surface area (TPSA) is 61.8 Å². The third-order valence-electron chi connectivity index (χ3n) is 12.6. The van der Waals surface area contributed by atoms with Crippen LogP contribution < -0.4 is 0 Å². The van der Waals surface area contributed by atoms with E-state index in [0.717, 1.165) is 57.8 Å². The number of unbranched alkanes of at least 4 members (excludes halogenated alkanes) is 36. The van der Waals surface area contributed by atoms with Crippen molar-refractivity contribution in [3.8, 4) is 0 Å². The summed E-state index contributed by atoms with van der Waals surface area (Å²) >= 11 is 0. The van der Waals surface area contributed by atoms with E-state index in [1.165, 1.54) is 212 Å². The number of esters is 2. The standard InChI is InChI=1S/C59H110O5/c1-4-7-10-13-16-19-22-25-27-28-29-30-31-33-36-39-42-45-48-51-54-62-55-57(64-59(61)53-50-47-44-41-38-34-24-21-18-15-12-9-6-3)56-63-58(60)52-49-46-43-40-37-35-32-26-23-20-17-14-11-8-5-2/h16,19,21,24-25,27,57H,4-15,17-18,20,22-23,26,28-56H2,1-3H3/b19-16-,24-21-,27-25-. The van der Waals surface area contributed by atoms with Gasteiger partial charge in [0.2, 0.25) is 0 Å². The molecule has 1 unspecified atom stereocenters. The zero-order valence-corrected chi connectivity index (χ0v) is 43.3. The van der Waals surface area contributed by atoms with Crippen LogP contribution in [0.25, 0.3) is 0 Å². The van der Waals surface area contributed by atoms with Gasteiger partial charge < -0.3 is 14.2 Å². The monoisotopic (exact) mass is 899 g/mol. The van der Waals surface area contributed by atoms with Crippen LogP contribution in [0.5, 0.6) is 0 Å². The van der Waals surface area contributed by atoms with Crippen LogP contribution >= 0.6 is 0 Å². The maximum atomic E-state index is 12.8. The van der Waals surface area contributed by atoms with Crippen molar-refractivity contribution in [2.45, 2.75) is 309 Å². The van der Waals surface area contributed by atoms with Crippen LogP contribution in [0.1, 0.15) is 303 Å². The SMILES string of the molecule is CCCCC/C=C\C/C=C\CCCCCCCCCCCCOCC(COC(=O)CCCCCCCCCCCCCCCCC)OC(=O)CCCCCCC/C=C\CCCCCC. The number of hydrogen-bond acceptors (Lipinski definition) is 5. The second-order valence-electron chi connectivity index (χ2n) is 19.2. The summed E-state index contributed by atoms with van der Waals surface area (Å²) in [5, 5.41) is 0. The van der Waals surface area contributed by atoms with E-state index in [2.05, 4.69) is 57.2 Å². The van der Waals surface area contributed by atoms with Crippen molar-refractivity contribution in [3.63, 3.8) is 0 Å². The Morgan fingerprint density at radius 1 is 0.344 bits per heavy atom. The van der Waals surface area contributed by atoms with Crippen molar-refractivity contribution in [3.05, 3.63) is 36.5 Å². The van der Waals surface area contributed by atoms with Crippen LogP contribution in [0.2, 0.25) is 0 Å². The van der Waals surface area contributed by atoms with Crippen LogP contribution in [0.15, 0.2) is 36.5 Å². The van der Waals surface area contributed by atoms with Crippen LogP contribution in [0, 0.1) is 0 Å². The van der Waals surface area contributed by atoms with Gasteiger partial charge in [0.25, 0.3) is 0 Å². The average molecular weight is 900 g/mol. The largest absolute Gasteiger partial charge is 0.462 e. The predicted octanol–water partition coefficient (Wildman–Crippen LogP) is 19.4. The smallest absolute Gasteiger partial charge is 0.306 e. The molecule has 0 amide bonds. The molecule has 0 rings (SSSR count). The second kappa shape index (κ2) is 55.4. The molecule has 0 saturated carbocycles. The Bertz CT molecular complexity index is 1020. The first kappa shape index (κ1) is 62.1. The molecule has 64 heavy (non-hydrogen) atoms. The first-order chi connectivity index (χ1) is 31.6. The van der Waals surface area contributed by atoms with Crippen molar-refractivity contribution < 1.29 is 23.8 Å². The summed E-state index contributed by atoms with van der Waals surface area (Å²) in [6.07, 6.45) is 67.3. The fourth-order valence-electron chi connectivity index (χ4n) is 8.36. The fraction of sp³-hybridized carbons (Fsp3) is 0.864. The van der Waals surface area contributed by atoms with Gasteiger partial charge in [-0.1, -0.05) is 250 Å². The van der Waals surface area contributed by atoms with E-state index in [9.17, 15) is 9.59 Å². The molecular weight excluding hydrogens is 789 g/mol. The maximum Gasteiger partial charge on any atom is 0.306 e. The minimum absolute atomic E-state index is 0.0863. The van der Waals surface area contributed by atoms with E-state index < -0.39 is 6.10 Å². The van der Waals surface area contributed by atoms with Crippen LogP contribution in [0.4, 0.5) is 0 Å². The first-order valence-electron chi connectivity index (χ1n) is 28.5. The molecule has 0 aromatic heterocycles. The summed E-state index contributed by atoms with van der Waals surface area (Å²) in [5.41, 5.74) is 0. The molecule has 0 radical (unpaired) electrons. The molecule has 0 aliphatic heterocycles. The van der Waals surface area contributed by atoms with E-state index in [4.69, 9.17) is 14.2 Å². The Hall–Kier alpha value is -1.88. The highest BCUT2D eigenvalue weighted by atomic mass is 16.6. The zero-order chi connectivity index (χ0) is 46.3. The molecule has 376 valence electrons. The number of rotatable bonds is 53. The van der Waals surface area contributed by atoms with Crippen LogP contribution in [-0.2, 0) is 23.8 Å². The highest BCUT2D eigenvalue weighted by Crippen LogP contribution is 2.16. The van der Waals surface area contributed by atoms with E-state index in [-0.39, 0.29) is 25.2 Å². The van der Waals surface area contributed by atoms with Crippen LogP contribution in [0.3, 0.4) is 0 Å². The van der Waals surface area contributed by atoms with Gasteiger partial charge in [0, 0.05) is 19.4 Å². The van der Waals surface area contributed by atoms with Crippen molar-refractivity contribution in [1.82, 2.24) is 0 Å². The van der Waals surface area contributed by atoms with Gasteiger partial charge in [-0.3, -0.25) is 9.59 Å². The van der Waals surface area contributed by atoms with Crippen molar-refractivity contribution >= 4 is 11.9 Å². The van der Waals surface area contributed by atoms with Crippen molar-refractivity contribution in [1.29, 1.82) is 0 Å². The highest BCUT2D eigenvalue weighted by Gasteiger charge is 2.17. The molecule has 0 aliphatic carbocycles. The lowest BCUT2D eigenvalue weighted by atomic mass is 10.0. The molecule has 0 bridgehead atoms. The normalized spacial score (nSPS) is 12.4. The summed E-state index contributed by atoms with van der Waals surface area (Å²) in [7, 11) is 0. The minimum atomic E-state index is -0.537. The van der Waals surface area contributed by atoms with Crippen LogP contribution in [-0.4, -0.2) is 37.9 Å². The van der Waals surface area contributed by atoms with Gasteiger partial charge in [-0.2, -0.15) is 0 Å². The summed E-state index contributed by atoms with van der Waals surface area (Å²) in [4.78, 5) is 25.5. The molecule has 1 atom stereocenters. The Kier molecular flexibility index (Phi) is 53.8. The number of ether oxygens (including phenoxy) is 3. The number of carbonyl (C=O) groups is 2. The zero-order valence-electron chi connectivity index (χ0n) is 43.3. The van der Waals surface area contributed by atoms with Crippen molar-refractivity contribution in [2.24, 2.45) is 0 Å². The van der Waals surface area contributed by atoms with E-state index in [1.54, 1.807) is 0 Å². The van der Waals surface area contributed by atoms with Crippen molar-refractivity contribution in [2.75, 3.05) is 19.8 Å². The molecule has 0 aliphatic rings. The Balaban J connectivity index is 4.21. The number of allylic oxidation sites excluding steroid dienone is 6. The molecule has 0 heterocycles. The molecule has 5 heteroatoms. The maximum absolute atomic E-state index is 12.8. The molecule has 0 aromatic carbocycles. The number of hydrogen-bond donors (Lipinski definition) is 0. The highest BCUT2D eigenvalue weighted by molar-refractivity contribution is 5.70. The Morgan fingerprint density at radius 2 is 0.656 bits per heavy atom. The second-order valence-corrected chi connectivity index (χ2v) is 19.2. The summed E-state index contributed by atoms with van der Waals surface area (Å²) < 4.78 is 17.5. The Morgan fingerprint density at radius 3 is 1.09 bits per heavy atom. The number of carbonyl (C=O) groups excluding carboxylic acids is 2. The molecule has 0 N–H and O–H groups in total. The summed E-state index contributed by atoms with van der Waals surface area (Å²) in [6.45, 7) is 7.83. The third-order valence-corrected chi connectivity index (χ3v) is 12.6. The molecule has 0 aromatic rings. The van der Waals surface area contributed by atoms with Gasteiger partial charge in [0.1, 0.15) is 6.61 Å². The van der Waals surface area contributed by atoms with Gasteiger partial charge in [-0.05, 0) is 77.0 Å². The average Bonchev–Trinajstić information content (AvgIpc) is 3.30. The molecule has 0 spiro atoms. The summed E-state index contributed by atoms with van der Waals surface area (Å²) in [6, 6.07) is 0. The molecular formula is C59H110O5. The van der Waals surface area contributed by atoms with Gasteiger partial charge in [-0.25, -0.2) is 0 Å². The minimum Gasteiger partial charge on any atom is -0.462 e. The lowest BCUT2D eigenvalue weighted by molar-refractivity contribution is -0.163. The quantitative estimate of drug-likeness (QED) is 0.0346. The summed E-state index contributed by atoms with van der Waals surface area (Å²) in [5.74, 6) is -0.391. The first-order valence-corrected chi connectivity index (χ1v) is 28.5.